The number of piperidine rings is 1. The largest absolute Gasteiger partial charge is 0.413 e. The molecular formula is C6H11N3O4S. The van der Waals surface area contributed by atoms with Crippen LogP contribution >= 0.6 is 0 Å². The lowest BCUT2D eigenvalue weighted by Gasteiger charge is -2.25. The average molecular weight is 221 g/mol. The van der Waals surface area contributed by atoms with Crippen molar-refractivity contribution in [2.45, 2.75) is 24.9 Å². The first-order valence-electron chi connectivity index (χ1n) is 4.05. The molecule has 8 heteroatoms. The molecule has 80 valence electrons. The van der Waals surface area contributed by atoms with E-state index in [2.05, 4.69) is 15.1 Å². The summed E-state index contributed by atoms with van der Waals surface area (Å²) < 4.78 is 32.6. The molecule has 2 atom stereocenters. The van der Waals surface area contributed by atoms with Crippen LogP contribution in [0.25, 0.3) is 0 Å². The van der Waals surface area contributed by atoms with Crippen LogP contribution in [0.1, 0.15) is 12.8 Å². The van der Waals surface area contributed by atoms with Crippen LogP contribution in [0.2, 0.25) is 0 Å². The van der Waals surface area contributed by atoms with Crippen molar-refractivity contribution in [3.05, 3.63) is 0 Å². The van der Waals surface area contributed by atoms with Gasteiger partial charge in [0.1, 0.15) is 0 Å². The summed E-state index contributed by atoms with van der Waals surface area (Å²) in [4.78, 5) is 0. The fourth-order valence-electron chi connectivity index (χ4n) is 1.20. The number of nitrogens with one attached hydrogen (secondary N) is 2. The molecule has 0 aromatic carbocycles. The standard InChI is InChI=1S/C6H11N3O4S/c7-3-5-1-2-6(4-8-5)9-13-14(10,11)12/h5-6,8-9H,1-2,4H2,(H,10,11,12)/t5-,6-/m1/s1. The third-order valence-corrected chi connectivity index (χ3v) is 2.20. The molecule has 0 radical (unpaired) electrons. The number of nitrogens with zero attached hydrogens (tertiary/aromatic N) is 1. The van der Waals surface area contributed by atoms with Gasteiger partial charge in [0.15, 0.2) is 0 Å². The molecule has 0 amide bonds. The summed E-state index contributed by atoms with van der Waals surface area (Å²) in [6, 6.07) is 1.63. The topological polar surface area (TPSA) is 111 Å². The molecule has 1 fully saturated rings. The number of hydrogen-bond donors (Lipinski definition) is 3. The third kappa shape index (κ3) is 3.99. The Morgan fingerprint density at radius 2 is 2.29 bits per heavy atom. The summed E-state index contributed by atoms with van der Waals surface area (Å²) in [5.74, 6) is 0. The van der Waals surface area contributed by atoms with E-state index in [-0.39, 0.29) is 12.1 Å². The summed E-state index contributed by atoms with van der Waals surface area (Å²) in [6.45, 7) is 0.424. The highest BCUT2D eigenvalue weighted by molar-refractivity contribution is 7.80. The Morgan fingerprint density at radius 3 is 2.71 bits per heavy atom. The molecule has 1 saturated heterocycles. The van der Waals surface area contributed by atoms with Gasteiger partial charge in [-0.1, -0.05) is 0 Å². The van der Waals surface area contributed by atoms with Gasteiger partial charge >= 0.3 is 10.4 Å². The first kappa shape index (κ1) is 11.4. The molecule has 3 N–H and O–H groups in total. The van der Waals surface area contributed by atoms with Crippen LogP contribution in [-0.2, 0) is 14.7 Å². The summed E-state index contributed by atoms with van der Waals surface area (Å²) in [5.41, 5.74) is 2.20. The first-order chi connectivity index (χ1) is 6.51. The molecule has 1 heterocycles. The molecule has 0 saturated carbocycles. The van der Waals surface area contributed by atoms with Crippen LogP contribution in [0.3, 0.4) is 0 Å². The van der Waals surface area contributed by atoms with E-state index in [9.17, 15) is 8.42 Å². The maximum atomic E-state index is 10.2. The van der Waals surface area contributed by atoms with Gasteiger partial charge in [0.25, 0.3) is 0 Å². The van der Waals surface area contributed by atoms with Gasteiger partial charge in [-0.3, -0.25) is 4.55 Å². The lowest BCUT2D eigenvalue weighted by Crippen LogP contribution is -2.47. The van der Waals surface area contributed by atoms with Gasteiger partial charge in [0.05, 0.1) is 12.1 Å². The lowest BCUT2D eigenvalue weighted by molar-refractivity contribution is 0.124. The van der Waals surface area contributed by atoms with Crippen molar-refractivity contribution in [1.82, 2.24) is 10.8 Å². The van der Waals surface area contributed by atoms with E-state index in [0.717, 1.165) is 0 Å². The Balaban J connectivity index is 2.27. The molecular weight excluding hydrogens is 210 g/mol. The zero-order valence-electron chi connectivity index (χ0n) is 7.30. The van der Waals surface area contributed by atoms with Gasteiger partial charge in [-0.2, -0.15) is 23.4 Å². The Labute approximate surface area is 82.0 Å². The van der Waals surface area contributed by atoms with Gasteiger partial charge in [-0.15, -0.1) is 0 Å². The van der Waals surface area contributed by atoms with E-state index in [4.69, 9.17) is 9.81 Å². The second-order valence-electron chi connectivity index (χ2n) is 2.99. The van der Waals surface area contributed by atoms with Crippen molar-refractivity contribution in [2.24, 2.45) is 0 Å². The normalized spacial score (nSPS) is 28.3. The van der Waals surface area contributed by atoms with Crippen molar-refractivity contribution in [1.29, 1.82) is 5.26 Å². The van der Waals surface area contributed by atoms with Crippen molar-refractivity contribution >= 4 is 10.4 Å². The third-order valence-electron chi connectivity index (χ3n) is 1.89. The highest BCUT2D eigenvalue weighted by Crippen LogP contribution is 2.07. The smallest absolute Gasteiger partial charge is 0.300 e. The average Bonchev–Trinajstić information content (AvgIpc) is 2.14. The Bertz CT molecular complexity index is 314. The van der Waals surface area contributed by atoms with Crippen molar-refractivity contribution in [3.63, 3.8) is 0 Å². The predicted octanol–water partition coefficient (Wildman–Crippen LogP) is -1.05. The highest BCUT2D eigenvalue weighted by atomic mass is 32.3. The molecule has 7 nitrogen and oxygen atoms in total. The molecule has 1 rings (SSSR count). The Kier molecular flexibility index (Phi) is 3.79. The molecule has 0 aromatic heterocycles. The Hall–Kier alpha value is -0.720. The fraction of sp³-hybridized carbons (Fsp3) is 0.833. The number of rotatable bonds is 3. The predicted molar refractivity (Wildman–Crippen MR) is 46.2 cm³/mol. The zero-order chi connectivity index (χ0) is 10.6. The molecule has 1 aliphatic heterocycles. The van der Waals surface area contributed by atoms with E-state index in [1.165, 1.54) is 0 Å². The van der Waals surface area contributed by atoms with Crippen LogP contribution in [-0.4, -0.2) is 31.6 Å². The van der Waals surface area contributed by atoms with E-state index in [0.29, 0.717) is 19.4 Å². The number of nitriles is 1. The summed E-state index contributed by atoms with van der Waals surface area (Å²) in [7, 11) is -4.45. The minimum absolute atomic E-state index is 0.196. The zero-order valence-corrected chi connectivity index (χ0v) is 8.12. The number of hydroxylamine groups is 1. The quantitative estimate of drug-likeness (QED) is 0.412. The summed E-state index contributed by atoms with van der Waals surface area (Å²) in [6.07, 6.45) is 1.23. The van der Waals surface area contributed by atoms with Gasteiger partial charge in [0, 0.05) is 12.6 Å². The van der Waals surface area contributed by atoms with Crippen LogP contribution in [0.15, 0.2) is 0 Å². The minimum Gasteiger partial charge on any atom is -0.300 e. The molecule has 0 spiro atoms. The van der Waals surface area contributed by atoms with Crippen molar-refractivity contribution in [2.75, 3.05) is 6.54 Å². The molecule has 14 heavy (non-hydrogen) atoms. The van der Waals surface area contributed by atoms with Crippen LogP contribution in [0.5, 0.6) is 0 Å². The minimum atomic E-state index is -4.45. The SMILES string of the molecule is N#C[C@H]1CC[C@@H](NOS(=O)(=O)O)CN1. The second kappa shape index (κ2) is 4.68. The monoisotopic (exact) mass is 221 g/mol. The number of hydrogen-bond acceptors (Lipinski definition) is 6. The van der Waals surface area contributed by atoms with Crippen molar-refractivity contribution in [3.8, 4) is 6.07 Å². The molecule has 0 aliphatic carbocycles. The fourth-order valence-corrected chi connectivity index (χ4v) is 1.45. The van der Waals surface area contributed by atoms with Crippen LogP contribution < -0.4 is 10.8 Å². The molecule has 0 aromatic rings. The summed E-state index contributed by atoms with van der Waals surface area (Å²) in [5, 5.41) is 11.4. The van der Waals surface area contributed by atoms with E-state index in [1.807, 2.05) is 6.07 Å². The second-order valence-corrected chi connectivity index (χ2v) is 4.02. The van der Waals surface area contributed by atoms with Gasteiger partial charge in [0.2, 0.25) is 0 Å². The maximum absolute atomic E-state index is 10.2. The Morgan fingerprint density at radius 1 is 1.57 bits per heavy atom. The highest BCUT2D eigenvalue weighted by Gasteiger charge is 2.21. The molecule has 1 aliphatic rings. The van der Waals surface area contributed by atoms with Gasteiger partial charge in [-0.25, -0.2) is 0 Å². The van der Waals surface area contributed by atoms with E-state index in [1.54, 1.807) is 0 Å². The van der Waals surface area contributed by atoms with Crippen molar-refractivity contribution < 1.29 is 17.3 Å². The van der Waals surface area contributed by atoms with Crippen LogP contribution in [0, 0.1) is 11.3 Å². The van der Waals surface area contributed by atoms with E-state index >= 15 is 0 Å². The van der Waals surface area contributed by atoms with Gasteiger partial charge < -0.3 is 5.32 Å². The first-order valence-corrected chi connectivity index (χ1v) is 5.42. The molecule has 0 unspecified atom stereocenters. The van der Waals surface area contributed by atoms with E-state index < -0.39 is 10.4 Å². The summed E-state index contributed by atoms with van der Waals surface area (Å²) >= 11 is 0. The molecule has 0 bridgehead atoms. The maximum Gasteiger partial charge on any atom is 0.413 e. The van der Waals surface area contributed by atoms with Crippen LogP contribution in [0.4, 0.5) is 0 Å². The lowest BCUT2D eigenvalue weighted by atomic mass is 10.0. The van der Waals surface area contributed by atoms with Gasteiger partial charge in [-0.05, 0) is 12.8 Å².